The van der Waals surface area contributed by atoms with Gasteiger partial charge in [0.05, 0.1) is 22.9 Å². The van der Waals surface area contributed by atoms with E-state index >= 15 is 0 Å². The van der Waals surface area contributed by atoms with E-state index < -0.39 is 16.1 Å². The predicted molar refractivity (Wildman–Crippen MR) is 76.1 cm³/mol. The van der Waals surface area contributed by atoms with Crippen LogP contribution in [0.4, 0.5) is 5.13 Å². The van der Waals surface area contributed by atoms with Crippen LogP contribution in [0.1, 0.15) is 23.6 Å². The molecule has 0 radical (unpaired) electrons. The molecule has 0 saturated carbocycles. The summed E-state index contributed by atoms with van der Waals surface area (Å²) in [5.74, 6) is 0. The lowest BCUT2D eigenvalue weighted by atomic mass is 10.3. The van der Waals surface area contributed by atoms with Crippen molar-refractivity contribution in [2.75, 3.05) is 37.3 Å². The molecule has 19 heavy (non-hydrogen) atoms. The van der Waals surface area contributed by atoms with Crippen LogP contribution in [0, 0.1) is 6.92 Å². The van der Waals surface area contributed by atoms with Crippen LogP contribution in [-0.2, 0) is 10.0 Å². The molecule has 1 aliphatic heterocycles. The topological polar surface area (TPSA) is 73.7 Å². The maximum Gasteiger partial charge on any atom is 0.211 e. The second kappa shape index (κ2) is 5.35. The van der Waals surface area contributed by atoms with Crippen molar-refractivity contribution in [3.8, 4) is 0 Å². The maximum atomic E-state index is 11.4. The van der Waals surface area contributed by atoms with Crippen molar-refractivity contribution in [1.82, 2.24) is 9.29 Å². The zero-order chi connectivity index (χ0) is 14.2. The smallest absolute Gasteiger partial charge is 0.211 e. The summed E-state index contributed by atoms with van der Waals surface area (Å²) in [6.07, 6.45) is 0.727. The van der Waals surface area contributed by atoms with E-state index in [9.17, 15) is 13.5 Å². The van der Waals surface area contributed by atoms with Gasteiger partial charge in [-0.2, -0.15) is 4.31 Å². The second-order valence-corrected chi connectivity index (χ2v) is 7.76. The summed E-state index contributed by atoms with van der Waals surface area (Å²) in [6, 6.07) is 0. The first kappa shape index (κ1) is 14.7. The van der Waals surface area contributed by atoms with Crippen molar-refractivity contribution < 1.29 is 13.5 Å². The standard InChI is InChI=1S/C11H19N3O3S2/c1-8-10(9(2)15)18-11(12-8)13-4-6-14(7-5-13)19(3,16)17/h9,15H,4-7H2,1-3H3. The van der Waals surface area contributed by atoms with Gasteiger partial charge in [0.2, 0.25) is 10.0 Å². The summed E-state index contributed by atoms with van der Waals surface area (Å²) < 4.78 is 24.4. The monoisotopic (exact) mass is 305 g/mol. The van der Waals surface area contributed by atoms with Crippen molar-refractivity contribution >= 4 is 26.5 Å². The minimum Gasteiger partial charge on any atom is -0.388 e. The highest BCUT2D eigenvalue weighted by Gasteiger charge is 2.25. The molecule has 2 heterocycles. The summed E-state index contributed by atoms with van der Waals surface area (Å²) in [6.45, 7) is 5.86. The molecule has 0 aromatic carbocycles. The first-order valence-corrected chi connectivity index (χ1v) is 8.81. The number of hydrogen-bond acceptors (Lipinski definition) is 6. The van der Waals surface area contributed by atoms with E-state index in [0.717, 1.165) is 15.7 Å². The summed E-state index contributed by atoms with van der Waals surface area (Å²) >= 11 is 1.48. The van der Waals surface area contributed by atoms with Crippen LogP contribution in [0.5, 0.6) is 0 Å². The molecule has 1 atom stereocenters. The normalized spacial score (nSPS) is 19.7. The number of anilines is 1. The molecule has 1 aromatic rings. The van der Waals surface area contributed by atoms with Crippen molar-refractivity contribution in [2.45, 2.75) is 20.0 Å². The SMILES string of the molecule is Cc1nc(N2CCN(S(C)(=O)=O)CC2)sc1C(C)O. The third-order valence-electron chi connectivity index (χ3n) is 3.18. The van der Waals surface area contributed by atoms with E-state index in [-0.39, 0.29) is 0 Å². The van der Waals surface area contributed by atoms with Gasteiger partial charge in [-0.1, -0.05) is 11.3 Å². The highest BCUT2D eigenvalue weighted by Crippen LogP contribution is 2.31. The molecule has 1 unspecified atom stereocenters. The van der Waals surface area contributed by atoms with Gasteiger partial charge < -0.3 is 10.0 Å². The van der Waals surface area contributed by atoms with Crippen molar-refractivity contribution in [2.24, 2.45) is 0 Å². The third kappa shape index (κ3) is 3.25. The Bertz CT molecular complexity index is 546. The molecule has 0 amide bonds. The van der Waals surface area contributed by atoms with E-state index in [4.69, 9.17) is 0 Å². The first-order chi connectivity index (χ1) is 8.79. The van der Waals surface area contributed by atoms with Crippen molar-refractivity contribution in [3.05, 3.63) is 10.6 Å². The molecule has 8 heteroatoms. The Labute approximate surface area is 117 Å². The molecule has 6 nitrogen and oxygen atoms in total. The molecule has 1 saturated heterocycles. The number of piperazine rings is 1. The first-order valence-electron chi connectivity index (χ1n) is 6.14. The fourth-order valence-corrected chi connectivity index (χ4v) is 4.01. The maximum absolute atomic E-state index is 11.4. The number of hydrogen-bond donors (Lipinski definition) is 1. The molecule has 1 fully saturated rings. The molecule has 1 aliphatic rings. The van der Waals surface area contributed by atoms with Gasteiger partial charge in [-0.3, -0.25) is 0 Å². The van der Waals surface area contributed by atoms with Crippen LogP contribution in [0.25, 0.3) is 0 Å². The van der Waals surface area contributed by atoms with Crippen LogP contribution >= 0.6 is 11.3 Å². The van der Waals surface area contributed by atoms with E-state index in [2.05, 4.69) is 9.88 Å². The summed E-state index contributed by atoms with van der Waals surface area (Å²) in [5.41, 5.74) is 0.848. The van der Waals surface area contributed by atoms with E-state index in [0.29, 0.717) is 26.2 Å². The number of rotatable bonds is 3. The van der Waals surface area contributed by atoms with Crippen LogP contribution in [-0.4, -0.2) is 55.2 Å². The number of aryl methyl sites for hydroxylation is 1. The number of aromatic nitrogens is 1. The van der Waals surface area contributed by atoms with Gasteiger partial charge in [0.15, 0.2) is 5.13 Å². The van der Waals surface area contributed by atoms with Crippen LogP contribution < -0.4 is 4.90 Å². The van der Waals surface area contributed by atoms with Crippen molar-refractivity contribution in [1.29, 1.82) is 0 Å². The minimum absolute atomic E-state index is 0.488. The van der Waals surface area contributed by atoms with Crippen LogP contribution in [0.15, 0.2) is 0 Å². The number of aliphatic hydroxyl groups excluding tert-OH is 1. The molecule has 0 bridgehead atoms. The zero-order valence-corrected chi connectivity index (χ0v) is 13.0. The Kier molecular flexibility index (Phi) is 4.14. The minimum atomic E-state index is -3.10. The van der Waals surface area contributed by atoms with E-state index in [1.165, 1.54) is 21.9 Å². The van der Waals surface area contributed by atoms with E-state index in [1.54, 1.807) is 6.92 Å². The zero-order valence-electron chi connectivity index (χ0n) is 11.3. The van der Waals surface area contributed by atoms with Gasteiger partial charge in [-0.05, 0) is 13.8 Å². The Balaban J connectivity index is 2.08. The summed E-state index contributed by atoms with van der Waals surface area (Å²) in [7, 11) is -3.10. The lowest BCUT2D eigenvalue weighted by Crippen LogP contribution is -2.48. The highest BCUT2D eigenvalue weighted by molar-refractivity contribution is 7.88. The van der Waals surface area contributed by atoms with Gasteiger partial charge in [0.25, 0.3) is 0 Å². The molecule has 0 aliphatic carbocycles. The highest BCUT2D eigenvalue weighted by atomic mass is 32.2. The van der Waals surface area contributed by atoms with Gasteiger partial charge in [-0.15, -0.1) is 0 Å². The Hall–Kier alpha value is -0.700. The van der Waals surface area contributed by atoms with E-state index in [1.807, 2.05) is 6.92 Å². The fraction of sp³-hybridized carbons (Fsp3) is 0.727. The molecular formula is C11H19N3O3S2. The Morgan fingerprint density at radius 2 is 1.89 bits per heavy atom. The molecule has 2 rings (SSSR count). The Morgan fingerprint density at radius 3 is 2.32 bits per heavy atom. The average Bonchev–Trinajstić information content (AvgIpc) is 2.70. The lowest BCUT2D eigenvalue weighted by molar-refractivity contribution is 0.202. The van der Waals surface area contributed by atoms with Gasteiger partial charge >= 0.3 is 0 Å². The number of aliphatic hydroxyl groups is 1. The molecule has 0 spiro atoms. The average molecular weight is 305 g/mol. The largest absolute Gasteiger partial charge is 0.388 e. The second-order valence-electron chi connectivity index (χ2n) is 4.77. The molecule has 1 aromatic heterocycles. The number of nitrogens with zero attached hydrogens (tertiary/aromatic N) is 3. The molecular weight excluding hydrogens is 286 g/mol. The lowest BCUT2D eigenvalue weighted by Gasteiger charge is -2.32. The Morgan fingerprint density at radius 1 is 1.32 bits per heavy atom. The number of thiazole rings is 1. The summed E-state index contributed by atoms with van der Waals surface area (Å²) in [5, 5.41) is 10.5. The fourth-order valence-electron chi connectivity index (χ4n) is 2.13. The third-order valence-corrected chi connectivity index (χ3v) is 5.87. The molecule has 108 valence electrons. The van der Waals surface area contributed by atoms with Crippen molar-refractivity contribution in [3.63, 3.8) is 0 Å². The van der Waals surface area contributed by atoms with Gasteiger partial charge in [0.1, 0.15) is 0 Å². The summed E-state index contributed by atoms with van der Waals surface area (Å²) in [4.78, 5) is 7.41. The number of sulfonamides is 1. The van der Waals surface area contributed by atoms with Crippen LogP contribution in [0.3, 0.4) is 0 Å². The predicted octanol–water partition coefficient (Wildman–Crippen LogP) is 0.586. The van der Waals surface area contributed by atoms with Gasteiger partial charge in [0, 0.05) is 26.2 Å². The quantitative estimate of drug-likeness (QED) is 0.884. The molecule has 1 N–H and O–H groups in total. The van der Waals surface area contributed by atoms with Crippen LogP contribution in [0.2, 0.25) is 0 Å². The van der Waals surface area contributed by atoms with Gasteiger partial charge in [-0.25, -0.2) is 13.4 Å².